The number of aliphatic imine (C=N–C) groups is 2. The smallest absolute Gasteiger partial charge is 0.331 e. The first kappa shape index (κ1) is 27.0. The molecule has 8 nitrogen and oxygen atoms in total. The van der Waals surface area contributed by atoms with Crippen LogP contribution in [0.3, 0.4) is 0 Å². The third-order valence-electron chi connectivity index (χ3n) is 5.39. The summed E-state index contributed by atoms with van der Waals surface area (Å²) in [6.45, 7) is 9.03. The maximum Gasteiger partial charge on any atom is 0.331 e. The highest BCUT2D eigenvalue weighted by Gasteiger charge is 2.49. The minimum absolute atomic E-state index is 0.193. The first-order valence-electron chi connectivity index (χ1n) is 11.2. The van der Waals surface area contributed by atoms with E-state index >= 15 is 0 Å². The van der Waals surface area contributed by atoms with Crippen LogP contribution in [0, 0.1) is 11.8 Å². The Labute approximate surface area is 201 Å². The van der Waals surface area contributed by atoms with Crippen molar-refractivity contribution in [1.29, 1.82) is 0 Å². The van der Waals surface area contributed by atoms with Crippen LogP contribution in [0.4, 0.5) is 0 Å². The number of nitrogens with zero attached hydrogens (tertiary/aromatic N) is 2. The Kier molecular flexibility index (Phi) is 9.29. The molecule has 0 N–H and O–H groups in total. The molecule has 8 heteroatoms. The maximum absolute atomic E-state index is 13.1. The number of carbonyl (C=O) groups is 3. The summed E-state index contributed by atoms with van der Waals surface area (Å²) < 4.78 is 15.8. The van der Waals surface area contributed by atoms with Crippen LogP contribution >= 0.6 is 0 Å². The van der Waals surface area contributed by atoms with Crippen molar-refractivity contribution >= 4 is 35.9 Å². The number of carbonyl (C=O) groups excluding carboxylic acids is 3. The Balaban J connectivity index is 2.67. The molecular weight excluding hydrogens is 436 g/mol. The minimum atomic E-state index is -0.817. The van der Waals surface area contributed by atoms with E-state index in [1.807, 2.05) is 24.3 Å². The Morgan fingerprint density at radius 1 is 1.15 bits per heavy atom. The molecule has 0 saturated carbocycles. The quantitative estimate of drug-likeness (QED) is 0.261. The SMILES string of the molecule is CCOC(=O)C1C(C)=NC(C=NC)C(C(=O)OC)C1c1ccccc1C=CC(=O)OC(C)(C)C. The molecule has 0 radical (unpaired) electrons. The lowest BCUT2D eigenvalue weighted by Crippen LogP contribution is -2.47. The van der Waals surface area contributed by atoms with Crippen LogP contribution in [-0.4, -0.2) is 62.2 Å². The summed E-state index contributed by atoms with van der Waals surface area (Å²) >= 11 is 0. The summed E-state index contributed by atoms with van der Waals surface area (Å²) in [7, 11) is 2.90. The number of rotatable bonds is 7. The van der Waals surface area contributed by atoms with Crippen molar-refractivity contribution in [3.05, 3.63) is 41.5 Å². The number of hydrogen-bond acceptors (Lipinski definition) is 8. The van der Waals surface area contributed by atoms with Gasteiger partial charge in [-0.1, -0.05) is 24.3 Å². The van der Waals surface area contributed by atoms with Gasteiger partial charge in [-0.25, -0.2) is 4.79 Å². The molecule has 1 aliphatic rings. The number of hydrogen-bond donors (Lipinski definition) is 0. The summed E-state index contributed by atoms with van der Waals surface area (Å²) in [6.07, 6.45) is 4.55. The molecule has 0 bridgehead atoms. The van der Waals surface area contributed by atoms with Gasteiger partial charge in [-0.3, -0.25) is 19.6 Å². The first-order valence-corrected chi connectivity index (χ1v) is 11.2. The zero-order chi connectivity index (χ0) is 25.5. The minimum Gasteiger partial charge on any atom is -0.469 e. The third-order valence-corrected chi connectivity index (χ3v) is 5.39. The molecule has 0 fully saturated rings. The lowest BCUT2D eigenvalue weighted by atomic mass is 9.69. The van der Waals surface area contributed by atoms with Gasteiger partial charge in [-0.05, 0) is 51.8 Å². The number of methoxy groups -OCH3 is 1. The standard InChI is InChI=1S/C26H34N2O6/c1-8-33-25(31)21-16(2)28-19(15-27-6)23(24(30)32-7)22(21)18-12-10-9-11-17(18)13-14-20(29)34-26(3,4)5/h9-15,19,21-23H,8H2,1-7H3. The highest BCUT2D eigenvalue weighted by molar-refractivity contribution is 6.05. The molecule has 34 heavy (non-hydrogen) atoms. The molecule has 2 rings (SSSR count). The van der Waals surface area contributed by atoms with Crippen LogP contribution in [0.25, 0.3) is 6.08 Å². The number of esters is 3. The summed E-state index contributed by atoms with van der Waals surface area (Å²) in [6, 6.07) is 6.67. The van der Waals surface area contributed by atoms with E-state index in [0.29, 0.717) is 16.8 Å². The average molecular weight is 471 g/mol. The van der Waals surface area contributed by atoms with E-state index in [2.05, 4.69) is 9.98 Å². The van der Waals surface area contributed by atoms with Gasteiger partial charge >= 0.3 is 17.9 Å². The van der Waals surface area contributed by atoms with Crippen molar-refractivity contribution in [3.63, 3.8) is 0 Å². The van der Waals surface area contributed by atoms with Crippen molar-refractivity contribution in [3.8, 4) is 0 Å². The van der Waals surface area contributed by atoms with E-state index in [1.54, 1.807) is 54.0 Å². The second-order valence-electron chi connectivity index (χ2n) is 8.97. The van der Waals surface area contributed by atoms with E-state index in [9.17, 15) is 14.4 Å². The van der Waals surface area contributed by atoms with Crippen LogP contribution < -0.4 is 0 Å². The molecule has 0 amide bonds. The predicted octanol–water partition coefficient (Wildman–Crippen LogP) is 3.64. The molecule has 1 aliphatic heterocycles. The van der Waals surface area contributed by atoms with Gasteiger partial charge in [0.05, 0.1) is 25.7 Å². The molecular formula is C26H34N2O6. The van der Waals surface area contributed by atoms with Crippen LogP contribution in [0.1, 0.15) is 51.7 Å². The molecule has 0 spiro atoms. The largest absolute Gasteiger partial charge is 0.469 e. The Morgan fingerprint density at radius 3 is 2.41 bits per heavy atom. The maximum atomic E-state index is 13.1. The van der Waals surface area contributed by atoms with Crippen molar-refractivity contribution in [2.75, 3.05) is 20.8 Å². The first-order chi connectivity index (χ1) is 16.0. The van der Waals surface area contributed by atoms with Crippen LogP contribution in [0.2, 0.25) is 0 Å². The van der Waals surface area contributed by atoms with Gasteiger partial charge in [0.1, 0.15) is 11.5 Å². The highest BCUT2D eigenvalue weighted by atomic mass is 16.6. The summed E-state index contributed by atoms with van der Waals surface area (Å²) in [5.41, 5.74) is 1.28. The second-order valence-corrected chi connectivity index (χ2v) is 8.97. The molecule has 1 aromatic carbocycles. The molecule has 0 saturated heterocycles. The van der Waals surface area contributed by atoms with Crippen LogP contribution in [0.15, 0.2) is 40.3 Å². The van der Waals surface area contributed by atoms with Gasteiger partial charge in [0.15, 0.2) is 0 Å². The summed E-state index contributed by atoms with van der Waals surface area (Å²) in [5, 5.41) is 0. The van der Waals surface area contributed by atoms with Crippen molar-refractivity contribution < 1.29 is 28.6 Å². The van der Waals surface area contributed by atoms with E-state index in [0.717, 1.165) is 0 Å². The van der Waals surface area contributed by atoms with Gasteiger partial charge in [0.2, 0.25) is 0 Å². The van der Waals surface area contributed by atoms with Crippen molar-refractivity contribution in [2.45, 2.75) is 52.2 Å². The number of benzene rings is 1. The third kappa shape index (κ3) is 6.62. The van der Waals surface area contributed by atoms with Gasteiger partial charge in [0.25, 0.3) is 0 Å². The Hall–Kier alpha value is -3.29. The molecule has 0 aromatic heterocycles. The summed E-state index contributed by atoms with van der Waals surface area (Å²) in [5.74, 6) is -3.74. The molecule has 4 atom stereocenters. The second kappa shape index (κ2) is 11.7. The van der Waals surface area contributed by atoms with Gasteiger partial charge < -0.3 is 14.2 Å². The van der Waals surface area contributed by atoms with Crippen LogP contribution in [0.5, 0.6) is 0 Å². The molecule has 1 heterocycles. The average Bonchev–Trinajstić information content (AvgIpc) is 2.76. The van der Waals surface area contributed by atoms with Gasteiger partial charge in [-0.15, -0.1) is 0 Å². The lowest BCUT2D eigenvalue weighted by molar-refractivity contribution is -0.151. The normalized spacial score (nSPS) is 23.0. The van der Waals surface area contributed by atoms with E-state index in [1.165, 1.54) is 13.2 Å². The molecule has 0 aliphatic carbocycles. The fourth-order valence-electron chi connectivity index (χ4n) is 4.16. The molecule has 4 unspecified atom stereocenters. The van der Waals surface area contributed by atoms with Gasteiger partial charge in [-0.2, -0.15) is 0 Å². The summed E-state index contributed by atoms with van der Waals surface area (Å²) in [4.78, 5) is 47.0. The Bertz CT molecular complexity index is 989. The lowest BCUT2D eigenvalue weighted by Gasteiger charge is -2.38. The fraction of sp³-hybridized carbons (Fsp3) is 0.500. The molecule has 184 valence electrons. The van der Waals surface area contributed by atoms with Crippen LogP contribution in [-0.2, 0) is 28.6 Å². The monoisotopic (exact) mass is 470 g/mol. The molecule has 1 aromatic rings. The predicted molar refractivity (Wildman–Crippen MR) is 131 cm³/mol. The van der Waals surface area contributed by atoms with E-state index in [-0.39, 0.29) is 6.61 Å². The highest BCUT2D eigenvalue weighted by Crippen LogP contribution is 2.42. The van der Waals surface area contributed by atoms with E-state index in [4.69, 9.17) is 14.2 Å². The van der Waals surface area contributed by atoms with Crippen molar-refractivity contribution in [1.82, 2.24) is 0 Å². The fourth-order valence-corrected chi connectivity index (χ4v) is 4.16. The zero-order valence-corrected chi connectivity index (χ0v) is 20.9. The topological polar surface area (TPSA) is 104 Å². The Morgan fingerprint density at radius 2 is 1.82 bits per heavy atom. The van der Waals surface area contributed by atoms with Crippen molar-refractivity contribution in [2.24, 2.45) is 21.8 Å². The van der Waals surface area contributed by atoms with E-state index < -0.39 is 47.3 Å². The van der Waals surface area contributed by atoms with Gasteiger partial charge in [0, 0.05) is 31.0 Å². The zero-order valence-electron chi connectivity index (χ0n) is 20.9. The number of ether oxygens (including phenoxy) is 3.